The number of rotatable bonds is 6. The van der Waals surface area contributed by atoms with Crippen LogP contribution in [0.15, 0.2) is 63.5 Å². The van der Waals surface area contributed by atoms with Gasteiger partial charge in [0.25, 0.3) is 0 Å². The minimum Gasteiger partial charge on any atom is -0.508 e. The van der Waals surface area contributed by atoms with Crippen molar-refractivity contribution in [2.45, 2.75) is 6.61 Å². The maximum atomic E-state index is 12.1. The number of phenolic OH excluding ortho intramolecular Hbond substituents is 2. The van der Waals surface area contributed by atoms with Crippen molar-refractivity contribution in [1.29, 1.82) is 0 Å². The van der Waals surface area contributed by atoms with Crippen LogP contribution in [0.1, 0.15) is 21.9 Å². The third-order valence-corrected chi connectivity index (χ3v) is 4.38. The fourth-order valence-corrected chi connectivity index (χ4v) is 3.01. The van der Waals surface area contributed by atoms with Gasteiger partial charge in [-0.1, -0.05) is 27.5 Å². The summed E-state index contributed by atoms with van der Waals surface area (Å²) in [4.78, 5) is 12.1. The van der Waals surface area contributed by atoms with Gasteiger partial charge < -0.3 is 19.4 Å². The molecule has 0 aliphatic carbocycles. The van der Waals surface area contributed by atoms with E-state index >= 15 is 0 Å². The van der Waals surface area contributed by atoms with Crippen LogP contribution < -0.4 is 4.74 Å². The molecule has 0 unspecified atom stereocenters. The summed E-state index contributed by atoms with van der Waals surface area (Å²) in [7, 11) is 0. The molecule has 3 rings (SSSR count). The number of ether oxygens (including phenoxy) is 1. The summed E-state index contributed by atoms with van der Waals surface area (Å²) in [5.41, 5.74) is 0.0871. The Labute approximate surface area is 168 Å². The molecule has 3 aromatic rings. The van der Waals surface area contributed by atoms with E-state index in [0.717, 1.165) is 10.5 Å². The number of halogens is 2. The molecule has 138 valence electrons. The van der Waals surface area contributed by atoms with Gasteiger partial charge in [-0.25, -0.2) is 0 Å². The molecule has 7 heteroatoms. The lowest BCUT2D eigenvalue weighted by atomic mass is 10.1. The molecule has 0 aliphatic heterocycles. The highest BCUT2D eigenvalue weighted by Gasteiger charge is 2.09. The molecule has 1 aromatic heterocycles. The van der Waals surface area contributed by atoms with E-state index in [1.54, 1.807) is 24.3 Å². The number of hydrogen-bond donors (Lipinski definition) is 2. The van der Waals surface area contributed by atoms with Crippen molar-refractivity contribution in [3.63, 3.8) is 0 Å². The van der Waals surface area contributed by atoms with Crippen LogP contribution in [0.2, 0.25) is 5.02 Å². The predicted octanol–water partition coefficient (Wildman–Crippen LogP) is 5.58. The first kappa shape index (κ1) is 19.1. The zero-order valence-electron chi connectivity index (χ0n) is 13.9. The summed E-state index contributed by atoms with van der Waals surface area (Å²) in [6.07, 6.45) is 2.77. The molecule has 5 nitrogen and oxygen atoms in total. The van der Waals surface area contributed by atoms with Crippen molar-refractivity contribution in [3.8, 4) is 17.2 Å². The number of allylic oxidation sites excluding steroid dienone is 1. The van der Waals surface area contributed by atoms with E-state index in [-0.39, 0.29) is 23.7 Å². The standard InChI is InChI=1S/C20H14BrClO5/c21-12-1-8-20(17(22)9-12)26-11-15-4-3-14(27-15)5-7-18(24)16-6-2-13(23)10-19(16)25/h1-10,23,25H,11H2/b7-5+. The highest BCUT2D eigenvalue weighted by atomic mass is 79.9. The van der Waals surface area contributed by atoms with Crippen LogP contribution in [-0.4, -0.2) is 16.0 Å². The fourth-order valence-electron chi connectivity index (χ4n) is 2.28. The van der Waals surface area contributed by atoms with Gasteiger partial charge in [-0.3, -0.25) is 4.79 Å². The number of carbonyl (C=O) groups excluding carboxylic acids is 1. The Morgan fingerprint density at radius 3 is 2.70 bits per heavy atom. The highest BCUT2D eigenvalue weighted by molar-refractivity contribution is 9.10. The third kappa shape index (κ3) is 4.93. The first-order valence-electron chi connectivity index (χ1n) is 7.83. The second-order valence-corrected chi connectivity index (χ2v) is 6.89. The van der Waals surface area contributed by atoms with Gasteiger partial charge in [0.05, 0.1) is 10.6 Å². The maximum Gasteiger partial charge on any atom is 0.189 e. The van der Waals surface area contributed by atoms with Crippen LogP contribution in [0.25, 0.3) is 6.08 Å². The first-order valence-corrected chi connectivity index (χ1v) is 9.00. The van der Waals surface area contributed by atoms with Crippen LogP contribution in [0.3, 0.4) is 0 Å². The molecular formula is C20H14BrClO5. The van der Waals surface area contributed by atoms with Gasteiger partial charge in [0.15, 0.2) is 5.78 Å². The van der Waals surface area contributed by atoms with Crippen molar-refractivity contribution < 1.29 is 24.2 Å². The van der Waals surface area contributed by atoms with Crippen molar-refractivity contribution in [1.82, 2.24) is 0 Å². The summed E-state index contributed by atoms with van der Waals surface area (Å²) in [6.45, 7) is 0.182. The van der Waals surface area contributed by atoms with E-state index in [1.807, 2.05) is 6.07 Å². The average molecular weight is 450 g/mol. The molecule has 0 atom stereocenters. The Hall–Kier alpha value is -2.70. The molecule has 0 amide bonds. The Balaban J connectivity index is 1.63. The Kier molecular flexibility index (Phi) is 5.88. The zero-order valence-corrected chi connectivity index (χ0v) is 16.2. The quantitative estimate of drug-likeness (QED) is 0.379. The van der Waals surface area contributed by atoms with Gasteiger partial charge in [-0.15, -0.1) is 0 Å². The van der Waals surface area contributed by atoms with Crippen LogP contribution in [-0.2, 0) is 6.61 Å². The molecule has 0 bridgehead atoms. The summed E-state index contributed by atoms with van der Waals surface area (Å²) < 4.78 is 12.1. The molecule has 27 heavy (non-hydrogen) atoms. The number of benzene rings is 2. The molecule has 0 fully saturated rings. The largest absolute Gasteiger partial charge is 0.508 e. The van der Waals surface area contributed by atoms with Crippen molar-refractivity contribution >= 4 is 39.4 Å². The molecule has 2 aromatic carbocycles. The third-order valence-electron chi connectivity index (χ3n) is 3.59. The summed E-state index contributed by atoms with van der Waals surface area (Å²) >= 11 is 9.42. The normalized spacial score (nSPS) is 11.0. The van der Waals surface area contributed by atoms with Crippen LogP contribution in [0.5, 0.6) is 17.2 Å². The predicted molar refractivity (Wildman–Crippen MR) is 105 cm³/mol. The number of furan rings is 1. The van der Waals surface area contributed by atoms with E-state index in [9.17, 15) is 15.0 Å². The van der Waals surface area contributed by atoms with Gasteiger partial charge in [0.1, 0.15) is 35.4 Å². The van der Waals surface area contributed by atoms with Crippen LogP contribution in [0, 0.1) is 0 Å². The topological polar surface area (TPSA) is 79.9 Å². The number of carbonyl (C=O) groups is 1. The van der Waals surface area contributed by atoms with E-state index in [2.05, 4.69) is 15.9 Å². The molecule has 0 saturated heterocycles. The molecule has 1 heterocycles. The van der Waals surface area contributed by atoms with Gasteiger partial charge >= 0.3 is 0 Å². The average Bonchev–Trinajstić information content (AvgIpc) is 3.07. The summed E-state index contributed by atoms with van der Waals surface area (Å²) in [5, 5.41) is 19.5. The van der Waals surface area contributed by atoms with Crippen LogP contribution in [0.4, 0.5) is 0 Å². The molecule has 0 aliphatic rings. The Bertz CT molecular complexity index is 1010. The Morgan fingerprint density at radius 1 is 1.15 bits per heavy atom. The second kappa shape index (κ2) is 8.33. The molecule has 0 saturated carbocycles. The van der Waals surface area contributed by atoms with E-state index in [0.29, 0.717) is 22.3 Å². The lowest BCUT2D eigenvalue weighted by Crippen LogP contribution is -1.94. The van der Waals surface area contributed by atoms with E-state index in [4.69, 9.17) is 20.8 Å². The van der Waals surface area contributed by atoms with Crippen molar-refractivity contribution in [2.24, 2.45) is 0 Å². The molecule has 0 spiro atoms. The monoisotopic (exact) mass is 448 g/mol. The minimum absolute atomic E-state index is 0.0871. The van der Waals surface area contributed by atoms with Gasteiger partial charge in [-0.2, -0.15) is 0 Å². The summed E-state index contributed by atoms with van der Waals surface area (Å²) in [6, 6.07) is 12.5. The zero-order chi connectivity index (χ0) is 19.4. The smallest absolute Gasteiger partial charge is 0.189 e. The highest BCUT2D eigenvalue weighted by Crippen LogP contribution is 2.28. The second-order valence-electron chi connectivity index (χ2n) is 5.57. The van der Waals surface area contributed by atoms with Crippen molar-refractivity contribution in [3.05, 3.63) is 81.2 Å². The maximum absolute atomic E-state index is 12.1. The number of aromatic hydroxyl groups is 2. The van der Waals surface area contributed by atoms with Crippen LogP contribution >= 0.6 is 27.5 Å². The molecule has 0 radical (unpaired) electrons. The number of phenols is 2. The molecule has 2 N–H and O–H groups in total. The Morgan fingerprint density at radius 2 is 1.96 bits per heavy atom. The lowest BCUT2D eigenvalue weighted by molar-refractivity contribution is 0.104. The van der Waals surface area contributed by atoms with E-state index in [1.165, 1.54) is 24.3 Å². The van der Waals surface area contributed by atoms with Crippen molar-refractivity contribution in [2.75, 3.05) is 0 Å². The van der Waals surface area contributed by atoms with Gasteiger partial charge in [0.2, 0.25) is 0 Å². The van der Waals surface area contributed by atoms with Gasteiger partial charge in [0, 0.05) is 10.5 Å². The SMILES string of the molecule is O=C(/C=C/c1ccc(COc2ccc(Br)cc2Cl)o1)c1ccc(O)cc1O. The van der Waals surface area contributed by atoms with Gasteiger partial charge in [-0.05, 0) is 54.6 Å². The number of hydrogen-bond acceptors (Lipinski definition) is 5. The lowest BCUT2D eigenvalue weighted by Gasteiger charge is -2.06. The fraction of sp³-hybridized carbons (Fsp3) is 0.0500. The van der Waals surface area contributed by atoms with E-state index < -0.39 is 5.78 Å². The minimum atomic E-state index is -0.414. The number of ketones is 1. The first-order chi connectivity index (χ1) is 12.9. The summed E-state index contributed by atoms with van der Waals surface area (Å²) in [5.74, 6) is 0.740. The molecular weight excluding hydrogens is 436 g/mol.